The summed E-state index contributed by atoms with van der Waals surface area (Å²) in [4.78, 5) is 64.5. The molecule has 0 spiro atoms. The van der Waals surface area contributed by atoms with Gasteiger partial charge in [-0.2, -0.15) is 0 Å². The standard InChI is InChI=1S/C33H39N5O6/c1-5-43-32(42)38-20-18-37(19-21-38)31(41)25(16-17-28(39)44-33(2,3)4)36-30(40)27-22-26(23-12-8-6-9-13-23)34-29(35-27)24-14-10-7-11-15-24/h6-15,22,25H,5,16-21H2,1-4H3,(H,36,40)/t25-/m0/s1. The third-order valence-corrected chi connectivity index (χ3v) is 6.84. The van der Waals surface area contributed by atoms with Crippen LogP contribution in [0.25, 0.3) is 22.6 Å². The van der Waals surface area contributed by atoms with Gasteiger partial charge in [-0.25, -0.2) is 14.8 Å². The molecule has 3 amide bonds. The maximum absolute atomic E-state index is 13.7. The third-order valence-electron chi connectivity index (χ3n) is 6.84. The van der Waals surface area contributed by atoms with Crippen molar-refractivity contribution in [2.24, 2.45) is 0 Å². The molecule has 2 aromatic carbocycles. The first-order valence-corrected chi connectivity index (χ1v) is 14.8. The van der Waals surface area contributed by atoms with Crippen LogP contribution < -0.4 is 5.32 Å². The molecule has 0 unspecified atom stereocenters. The van der Waals surface area contributed by atoms with Gasteiger partial charge in [0.1, 0.15) is 17.3 Å². The summed E-state index contributed by atoms with van der Waals surface area (Å²) >= 11 is 0. The van der Waals surface area contributed by atoms with Crippen LogP contribution in [0, 0.1) is 0 Å². The van der Waals surface area contributed by atoms with Crippen LogP contribution in [0.3, 0.4) is 0 Å². The molecule has 0 radical (unpaired) electrons. The molecule has 2 heterocycles. The quantitative estimate of drug-likeness (QED) is 0.359. The molecule has 1 aliphatic rings. The van der Waals surface area contributed by atoms with E-state index >= 15 is 0 Å². The normalized spacial score (nSPS) is 14.0. The first-order valence-electron chi connectivity index (χ1n) is 14.8. The van der Waals surface area contributed by atoms with Crippen LogP contribution in [-0.4, -0.2) is 88.1 Å². The number of nitrogens with zero attached hydrogens (tertiary/aromatic N) is 4. The second-order valence-corrected chi connectivity index (χ2v) is 11.4. The number of nitrogens with one attached hydrogen (secondary N) is 1. The van der Waals surface area contributed by atoms with Gasteiger partial charge < -0.3 is 24.6 Å². The molecule has 1 saturated heterocycles. The predicted octanol–water partition coefficient (Wildman–Crippen LogP) is 4.33. The molecule has 1 aliphatic heterocycles. The molecule has 1 N–H and O–H groups in total. The van der Waals surface area contributed by atoms with Crippen molar-refractivity contribution >= 4 is 23.9 Å². The summed E-state index contributed by atoms with van der Waals surface area (Å²) < 4.78 is 10.5. The lowest BCUT2D eigenvalue weighted by molar-refractivity contribution is -0.155. The van der Waals surface area contributed by atoms with Gasteiger partial charge in [0.15, 0.2) is 5.82 Å². The largest absolute Gasteiger partial charge is 0.460 e. The molecule has 3 aromatic rings. The number of piperazine rings is 1. The highest BCUT2D eigenvalue weighted by Gasteiger charge is 2.32. The Bertz CT molecular complexity index is 1390. The van der Waals surface area contributed by atoms with Gasteiger partial charge in [0.25, 0.3) is 5.91 Å². The van der Waals surface area contributed by atoms with Crippen LogP contribution >= 0.6 is 0 Å². The topological polar surface area (TPSA) is 131 Å². The van der Waals surface area contributed by atoms with Crippen molar-refractivity contribution in [3.63, 3.8) is 0 Å². The number of amides is 3. The van der Waals surface area contributed by atoms with Crippen molar-refractivity contribution in [3.8, 4) is 22.6 Å². The minimum absolute atomic E-state index is 0.0275. The fourth-order valence-corrected chi connectivity index (χ4v) is 4.73. The van der Waals surface area contributed by atoms with Crippen LogP contribution in [0.15, 0.2) is 66.7 Å². The van der Waals surface area contributed by atoms with Crippen LogP contribution in [0.5, 0.6) is 0 Å². The molecular formula is C33H39N5O6. The summed E-state index contributed by atoms with van der Waals surface area (Å²) in [6.07, 6.45) is -0.480. The predicted molar refractivity (Wildman–Crippen MR) is 164 cm³/mol. The van der Waals surface area contributed by atoms with E-state index in [1.807, 2.05) is 60.7 Å². The van der Waals surface area contributed by atoms with E-state index in [4.69, 9.17) is 14.5 Å². The first-order chi connectivity index (χ1) is 21.0. The highest BCUT2D eigenvalue weighted by atomic mass is 16.6. The maximum atomic E-state index is 13.7. The van der Waals surface area contributed by atoms with Crippen molar-refractivity contribution in [1.29, 1.82) is 0 Å². The van der Waals surface area contributed by atoms with Crippen LogP contribution in [-0.2, 0) is 19.1 Å². The van der Waals surface area contributed by atoms with E-state index in [9.17, 15) is 19.2 Å². The number of rotatable bonds is 9. The molecule has 44 heavy (non-hydrogen) atoms. The Labute approximate surface area is 257 Å². The Morgan fingerprint density at radius 2 is 1.45 bits per heavy atom. The first kappa shape index (κ1) is 32.1. The van der Waals surface area contributed by atoms with Gasteiger partial charge in [-0.3, -0.25) is 14.4 Å². The highest BCUT2D eigenvalue weighted by molar-refractivity contribution is 5.97. The van der Waals surface area contributed by atoms with E-state index in [0.29, 0.717) is 24.6 Å². The lowest BCUT2D eigenvalue weighted by Gasteiger charge is -2.36. The summed E-state index contributed by atoms with van der Waals surface area (Å²) in [5.41, 5.74) is 1.48. The highest BCUT2D eigenvalue weighted by Crippen LogP contribution is 2.23. The molecule has 11 nitrogen and oxygen atoms in total. The van der Waals surface area contributed by atoms with Gasteiger partial charge in [0.05, 0.1) is 12.3 Å². The Morgan fingerprint density at radius 3 is 2.05 bits per heavy atom. The minimum atomic E-state index is -1.03. The molecular weight excluding hydrogens is 562 g/mol. The lowest BCUT2D eigenvalue weighted by atomic mass is 10.1. The third kappa shape index (κ3) is 8.85. The SMILES string of the molecule is CCOC(=O)N1CCN(C(=O)[C@H](CCC(=O)OC(C)(C)C)NC(=O)c2cc(-c3ccccc3)nc(-c3ccccc3)n2)CC1. The summed E-state index contributed by atoms with van der Waals surface area (Å²) in [6.45, 7) is 8.41. The molecule has 4 rings (SSSR count). The van der Waals surface area contributed by atoms with Crippen molar-refractivity contribution in [2.75, 3.05) is 32.8 Å². The number of esters is 1. The van der Waals surface area contributed by atoms with Gasteiger partial charge in [-0.1, -0.05) is 60.7 Å². The van der Waals surface area contributed by atoms with Crippen LogP contribution in [0.1, 0.15) is 51.0 Å². The Balaban J connectivity index is 1.58. The zero-order valence-electron chi connectivity index (χ0n) is 25.6. The summed E-state index contributed by atoms with van der Waals surface area (Å²) in [6, 6.07) is 19.3. The molecule has 0 bridgehead atoms. The van der Waals surface area contributed by atoms with Crippen molar-refractivity contribution in [3.05, 3.63) is 72.4 Å². The lowest BCUT2D eigenvalue weighted by Crippen LogP contribution is -2.56. The monoisotopic (exact) mass is 601 g/mol. The van der Waals surface area contributed by atoms with Gasteiger partial charge >= 0.3 is 12.1 Å². The van der Waals surface area contributed by atoms with Crippen molar-refractivity contribution < 1.29 is 28.7 Å². The van der Waals surface area contributed by atoms with Gasteiger partial charge in [0, 0.05) is 43.7 Å². The van der Waals surface area contributed by atoms with E-state index in [-0.39, 0.29) is 44.1 Å². The summed E-state index contributed by atoms with van der Waals surface area (Å²) in [5.74, 6) is -1.04. The number of carbonyl (C=O) groups excluding carboxylic acids is 4. The Hall–Kier alpha value is -4.80. The van der Waals surface area contributed by atoms with Gasteiger partial charge in [0.2, 0.25) is 5.91 Å². The molecule has 11 heteroatoms. The minimum Gasteiger partial charge on any atom is -0.460 e. The van der Waals surface area contributed by atoms with Crippen molar-refractivity contribution in [2.45, 2.75) is 52.2 Å². The zero-order chi connectivity index (χ0) is 31.7. The number of benzene rings is 2. The van der Waals surface area contributed by atoms with E-state index in [1.54, 1.807) is 43.6 Å². The fourth-order valence-electron chi connectivity index (χ4n) is 4.73. The molecule has 1 fully saturated rings. The molecule has 232 valence electrons. The fraction of sp³-hybridized carbons (Fsp3) is 0.394. The molecule has 0 aliphatic carbocycles. The average Bonchev–Trinajstić information content (AvgIpc) is 3.02. The second-order valence-electron chi connectivity index (χ2n) is 11.4. The van der Waals surface area contributed by atoms with Gasteiger partial charge in [-0.05, 0) is 40.2 Å². The average molecular weight is 602 g/mol. The number of hydrogen-bond acceptors (Lipinski definition) is 8. The number of hydrogen-bond donors (Lipinski definition) is 1. The second kappa shape index (κ2) is 14.6. The van der Waals surface area contributed by atoms with E-state index < -0.39 is 29.6 Å². The summed E-state index contributed by atoms with van der Waals surface area (Å²) in [5, 5.41) is 2.83. The van der Waals surface area contributed by atoms with Crippen LogP contribution in [0.2, 0.25) is 0 Å². The molecule has 1 atom stereocenters. The molecule has 1 aromatic heterocycles. The number of aromatic nitrogens is 2. The summed E-state index contributed by atoms with van der Waals surface area (Å²) in [7, 11) is 0. The van der Waals surface area contributed by atoms with Gasteiger partial charge in [-0.15, -0.1) is 0 Å². The van der Waals surface area contributed by atoms with E-state index in [1.165, 1.54) is 0 Å². The maximum Gasteiger partial charge on any atom is 0.409 e. The Morgan fingerprint density at radius 1 is 0.864 bits per heavy atom. The van der Waals surface area contributed by atoms with Crippen LogP contribution in [0.4, 0.5) is 4.79 Å². The van der Waals surface area contributed by atoms with E-state index in [0.717, 1.165) is 11.1 Å². The zero-order valence-corrected chi connectivity index (χ0v) is 25.6. The Kier molecular flexibility index (Phi) is 10.6. The number of carbonyl (C=O) groups is 4. The van der Waals surface area contributed by atoms with E-state index in [2.05, 4.69) is 10.3 Å². The molecule has 0 saturated carbocycles. The number of ether oxygens (including phenoxy) is 2. The smallest absolute Gasteiger partial charge is 0.409 e. The van der Waals surface area contributed by atoms with Crippen molar-refractivity contribution in [1.82, 2.24) is 25.1 Å².